The molecule has 9 heteroatoms. The second kappa shape index (κ2) is 10.8. The van der Waals surface area contributed by atoms with Gasteiger partial charge in [0, 0.05) is 9.61 Å². The zero-order valence-corrected chi connectivity index (χ0v) is 21.5. The molecule has 1 heterocycles. The highest BCUT2D eigenvalue weighted by atomic mass is 127. The smallest absolute Gasteiger partial charge is 0.331 e. The lowest BCUT2D eigenvalue weighted by atomic mass is 10.0. The van der Waals surface area contributed by atoms with Gasteiger partial charge in [-0.1, -0.05) is 36.6 Å². The van der Waals surface area contributed by atoms with E-state index in [4.69, 9.17) is 21.1 Å². The average Bonchev–Trinajstić information content (AvgIpc) is 3.32. The van der Waals surface area contributed by atoms with Crippen molar-refractivity contribution in [2.75, 3.05) is 6.61 Å². The molecule has 1 aliphatic heterocycles. The number of nitrogens with one attached hydrogen (secondary N) is 1. The number of ether oxygens (including phenoxy) is 2. The molecule has 0 spiro atoms. The fraction of sp³-hybridized carbons (Fsp3) is 0.320. The normalized spacial score (nSPS) is 17.9. The van der Waals surface area contributed by atoms with Crippen LogP contribution in [0.15, 0.2) is 42.0 Å². The summed E-state index contributed by atoms with van der Waals surface area (Å²) in [6.07, 6.45) is 4.82. The molecular formula is C25H24ClIN2O5. The maximum absolute atomic E-state index is 13.1. The summed E-state index contributed by atoms with van der Waals surface area (Å²) in [5.74, 6) is -0.530. The maximum atomic E-state index is 13.1. The van der Waals surface area contributed by atoms with E-state index in [9.17, 15) is 14.4 Å². The van der Waals surface area contributed by atoms with E-state index in [1.165, 1.54) is 11.0 Å². The third-order valence-electron chi connectivity index (χ3n) is 5.76. The van der Waals surface area contributed by atoms with Crippen LogP contribution in [0.1, 0.15) is 43.7 Å². The summed E-state index contributed by atoms with van der Waals surface area (Å²) < 4.78 is 12.8. The van der Waals surface area contributed by atoms with Gasteiger partial charge in [-0.05, 0) is 83.8 Å². The summed E-state index contributed by atoms with van der Waals surface area (Å²) in [5, 5.41) is 2.57. The van der Waals surface area contributed by atoms with Crippen molar-refractivity contribution in [3.05, 3.63) is 61.7 Å². The highest BCUT2D eigenvalue weighted by Crippen LogP contribution is 2.38. The number of hydrogen-bond acceptors (Lipinski definition) is 5. The molecule has 2 aromatic rings. The number of nitrogens with zero attached hydrogens (tertiary/aromatic N) is 1. The third-order valence-corrected chi connectivity index (χ3v) is 6.76. The molecule has 1 aliphatic carbocycles. The Kier molecular flexibility index (Phi) is 7.77. The number of benzene rings is 2. The molecule has 178 valence electrons. The van der Waals surface area contributed by atoms with E-state index in [1.807, 2.05) is 31.2 Å². The first-order valence-electron chi connectivity index (χ1n) is 11.1. The van der Waals surface area contributed by atoms with Crippen molar-refractivity contribution in [2.24, 2.45) is 0 Å². The molecular weight excluding hydrogens is 571 g/mol. The van der Waals surface area contributed by atoms with Crippen molar-refractivity contribution in [1.29, 1.82) is 0 Å². The quantitative estimate of drug-likeness (QED) is 0.266. The molecule has 1 saturated carbocycles. The maximum Gasteiger partial charge on any atom is 0.331 e. The van der Waals surface area contributed by atoms with Crippen LogP contribution in [0.5, 0.6) is 11.5 Å². The van der Waals surface area contributed by atoms with Crippen molar-refractivity contribution in [1.82, 2.24) is 10.2 Å². The first-order valence-corrected chi connectivity index (χ1v) is 12.6. The summed E-state index contributed by atoms with van der Waals surface area (Å²) in [4.78, 5) is 39.1. The number of carbonyl (C=O) groups is 3. The summed E-state index contributed by atoms with van der Waals surface area (Å²) >= 11 is 8.76. The number of carbonyl (C=O) groups excluding carboxylic acids is 3. The Bertz CT molecular complexity index is 1140. The third kappa shape index (κ3) is 5.38. The highest BCUT2D eigenvalue weighted by Gasteiger charge is 2.40. The first-order chi connectivity index (χ1) is 16.4. The van der Waals surface area contributed by atoms with Crippen molar-refractivity contribution < 1.29 is 23.9 Å². The van der Waals surface area contributed by atoms with Crippen LogP contribution in [0.3, 0.4) is 0 Å². The lowest BCUT2D eigenvalue weighted by Crippen LogP contribution is -2.57. The SMILES string of the molecule is CCOc1cc(/C=C2\C(=O)NC(=O)N(C3CCCC3)C2=O)cc(Cl)c1OCc1ccc(I)cc1. The van der Waals surface area contributed by atoms with Crippen LogP contribution in [0.4, 0.5) is 4.79 Å². The molecule has 7 nitrogen and oxygen atoms in total. The standard InChI is InChI=1S/C25H24ClIN2O5/c1-2-33-21-13-16(12-20(26)22(21)34-14-15-7-9-17(27)10-8-15)11-19-23(30)28-25(32)29(24(19)31)18-5-3-4-6-18/h7-13,18H,2-6,14H2,1H3,(H,28,30,32)/b19-11+. The second-order valence-electron chi connectivity index (χ2n) is 8.11. The van der Waals surface area contributed by atoms with Gasteiger partial charge in [-0.15, -0.1) is 0 Å². The fourth-order valence-corrected chi connectivity index (χ4v) is 4.78. The van der Waals surface area contributed by atoms with Crippen LogP contribution in [0, 0.1) is 3.57 Å². The van der Waals surface area contributed by atoms with Crippen LogP contribution in [-0.4, -0.2) is 35.4 Å². The van der Waals surface area contributed by atoms with E-state index in [-0.39, 0.29) is 16.6 Å². The minimum absolute atomic E-state index is 0.113. The first kappa shape index (κ1) is 24.5. The lowest BCUT2D eigenvalue weighted by Gasteiger charge is -2.31. The second-order valence-corrected chi connectivity index (χ2v) is 9.76. The summed E-state index contributed by atoms with van der Waals surface area (Å²) in [6.45, 7) is 2.52. The molecule has 1 N–H and O–H groups in total. The number of amides is 4. The van der Waals surface area contributed by atoms with Crippen molar-refractivity contribution in [3.63, 3.8) is 0 Å². The van der Waals surface area contributed by atoms with Gasteiger partial charge in [-0.2, -0.15) is 0 Å². The Morgan fingerprint density at radius 2 is 1.82 bits per heavy atom. The molecule has 2 aliphatic rings. The fourth-order valence-electron chi connectivity index (χ4n) is 4.14. The molecule has 4 rings (SSSR count). The Hall–Kier alpha value is -2.59. The predicted molar refractivity (Wildman–Crippen MR) is 137 cm³/mol. The van der Waals surface area contributed by atoms with Gasteiger partial charge >= 0.3 is 6.03 Å². The molecule has 34 heavy (non-hydrogen) atoms. The van der Waals surface area contributed by atoms with Crippen LogP contribution in [0.25, 0.3) is 6.08 Å². The molecule has 1 saturated heterocycles. The molecule has 0 radical (unpaired) electrons. The Morgan fingerprint density at radius 1 is 1.12 bits per heavy atom. The summed E-state index contributed by atoms with van der Waals surface area (Å²) in [7, 11) is 0. The number of hydrogen-bond donors (Lipinski definition) is 1. The van der Waals surface area contributed by atoms with Gasteiger partial charge in [-0.25, -0.2) is 4.79 Å². The molecule has 2 aromatic carbocycles. The van der Waals surface area contributed by atoms with E-state index < -0.39 is 17.8 Å². The van der Waals surface area contributed by atoms with Crippen LogP contribution >= 0.6 is 34.2 Å². The van der Waals surface area contributed by atoms with E-state index in [0.29, 0.717) is 30.3 Å². The van der Waals surface area contributed by atoms with Crippen molar-refractivity contribution in [2.45, 2.75) is 45.3 Å². The highest BCUT2D eigenvalue weighted by molar-refractivity contribution is 14.1. The number of rotatable bonds is 7. The number of barbiturate groups is 1. The number of urea groups is 1. The molecule has 0 unspecified atom stereocenters. The van der Waals surface area contributed by atoms with E-state index in [2.05, 4.69) is 27.9 Å². The Morgan fingerprint density at radius 3 is 2.50 bits per heavy atom. The zero-order chi connectivity index (χ0) is 24.2. The minimum Gasteiger partial charge on any atom is -0.490 e. The summed E-state index contributed by atoms with van der Waals surface area (Å²) in [6, 6.07) is 10.4. The minimum atomic E-state index is -0.725. The Labute approximate surface area is 216 Å². The van der Waals surface area contributed by atoms with Gasteiger partial charge in [0.1, 0.15) is 12.2 Å². The molecule has 0 bridgehead atoms. The number of imide groups is 2. The van der Waals surface area contributed by atoms with Gasteiger partial charge < -0.3 is 9.47 Å². The average molecular weight is 595 g/mol. The molecule has 0 atom stereocenters. The molecule has 4 amide bonds. The van der Waals surface area contributed by atoms with E-state index in [0.717, 1.165) is 34.8 Å². The van der Waals surface area contributed by atoms with Crippen LogP contribution < -0.4 is 14.8 Å². The summed E-state index contributed by atoms with van der Waals surface area (Å²) in [5.41, 5.74) is 1.36. The topological polar surface area (TPSA) is 84.9 Å². The van der Waals surface area contributed by atoms with Gasteiger partial charge in [0.2, 0.25) is 0 Å². The zero-order valence-electron chi connectivity index (χ0n) is 18.6. The Balaban J connectivity index is 1.61. The lowest BCUT2D eigenvalue weighted by molar-refractivity contribution is -0.131. The molecule has 0 aromatic heterocycles. The largest absolute Gasteiger partial charge is 0.490 e. The van der Waals surface area contributed by atoms with Gasteiger partial charge in [0.05, 0.1) is 11.6 Å². The predicted octanol–water partition coefficient (Wildman–Crippen LogP) is 5.33. The number of halogens is 2. The van der Waals surface area contributed by atoms with Gasteiger partial charge in [0.25, 0.3) is 11.8 Å². The van der Waals surface area contributed by atoms with Crippen molar-refractivity contribution in [3.8, 4) is 11.5 Å². The van der Waals surface area contributed by atoms with Gasteiger partial charge in [-0.3, -0.25) is 19.8 Å². The monoisotopic (exact) mass is 594 g/mol. The molecule has 2 fully saturated rings. The van der Waals surface area contributed by atoms with E-state index >= 15 is 0 Å². The van der Waals surface area contributed by atoms with Crippen molar-refractivity contribution >= 4 is 58.1 Å². The van der Waals surface area contributed by atoms with Gasteiger partial charge in [0.15, 0.2) is 11.5 Å². The van der Waals surface area contributed by atoms with E-state index in [1.54, 1.807) is 12.1 Å². The van der Waals surface area contributed by atoms with Crippen LogP contribution in [-0.2, 0) is 16.2 Å². The van der Waals surface area contributed by atoms with Crippen LogP contribution in [0.2, 0.25) is 5.02 Å².